The normalized spacial score (nSPS) is 11.3. The van der Waals surface area contributed by atoms with Crippen molar-refractivity contribution in [1.82, 2.24) is 5.23 Å². The molecule has 24 heavy (non-hydrogen) atoms. The van der Waals surface area contributed by atoms with E-state index in [9.17, 15) is 0 Å². The molecular weight excluding hydrogens is 289 g/mol. The first kappa shape index (κ1) is 18.4. The third kappa shape index (κ3) is 6.27. The summed E-state index contributed by atoms with van der Waals surface area (Å²) in [6.45, 7) is 5.10. The van der Waals surface area contributed by atoms with Gasteiger partial charge in [0.25, 0.3) is 6.85 Å². The largest absolute Gasteiger partial charge is 0.427 e. The highest BCUT2D eigenvalue weighted by molar-refractivity contribution is 6.57. The molecule has 0 saturated carbocycles. The van der Waals surface area contributed by atoms with E-state index in [2.05, 4.69) is 85.8 Å². The Morgan fingerprint density at radius 3 is 1.92 bits per heavy atom. The molecule has 0 amide bonds. The summed E-state index contributed by atoms with van der Waals surface area (Å²) in [5.74, 6) is 0. The Labute approximate surface area is 148 Å². The van der Waals surface area contributed by atoms with Crippen LogP contribution in [0.3, 0.4) is 0 Å². The molecule has 2 aromatic carbocycles. The van der Waals surface area contributed by atoms with Crippen LogP contribution in [0.5, 0.6) is 0 Å². The van der Waals surface area contributed by atoms with E-state index >= 15 is 0 Å². The van der Waals surface area contributed by atoms with Crippen molar-refractivity contribution in [2.45, 2.75) is 52.2 Å². The molecule has 0 saturated heterocycles. The fourth-order valence-corrected chi connectivity index (χ4v) is 2.95. The predicted molar refractivity (Wildman–Crippen MR) is 109 cm³/mol. The lowest BCUT2D eigenvalue weighted by molar-refractivity contribution is 0.832. The van der Waals surface area contributed by atoms with Crippen LogP contribution in [-0.2, 0) is 0 Å². The maximum atomic E-state index is 3.85. The highest BCUT2D eigenvalue weighted by Crippen LogP contribution is 2.18. The maximum Gasteiger partial charge on any atom is 0.251 e. The molecule has 0 bridgehead atoms. The molecule has 0 aliphatic rings. The molecule has 0 fully saturated rings. The second kappa shape index (κ2) is 10.8. The molecule has 2 aromatic rings. The number of unbranched alkanes of at least 4 members (excludes halogenated alkanes) is 2. The van der Waals surface area contributed by atoms with Gasteiger partial charge in [0.1, 0.15) is 0 Å². The van der Waals surface area contributed by atoms with Gasteiger partial charge < -0.3 is 5.23 Å². The summed E-state index contributed by atoms with van der Waals surface area (Å²) in [5.41, 5.74) is 3.74. The van der Waals surface area contributed by atoms with Crippen molar-refractivity contribution in [2.24, 2.45) is 0 Å². The lowest BCUT2D eigenvalue weighted by atomic mass is 9.54. The first-order valence-corrected chi connectivity index (χ1v) is 9.42. The van der Waals surface area contributed by atoms with E-state index in [1.165, 1.54) is 55.1 Å². The van der Waals surface area contributed by atoms with Crippen molar-refractivity contribution < 1.29 is 0 Å². The van der Waals surface area contributed by atoms with Gasteiger partial charge in [-0.1, -0.05) is 113 Å². The molecule has 126 valence electrons. The summed E-state index contributed by atoms with van der Waals surface area (Å²) in [6.07, 6.45) is 9.86. The van der Waals surface area contributed by atoms with Gasteiger partial charge in [-0.2, -0.15) is 0 Å². The van der Waals surface area contributed by atoms with Gasteiger partial charge in [-0.3, -0.25) is 0 Å². The van der Waals surface area contributed by atoms with Crippen LogP contribution in [0.1, 0.15) is 50.7 Å². The fourth-order valence-electron chi connectivity index (χ4n) is 2.95. The van der Waals surface area contributed by atoms with Crippen LogP contribution in [0.4, 0.5) is 0 Å². The number of rotatable bonds is 10. The number of nitrogens with one attached hydrogen (secondary N) is 1. The van der Waals surface area contributed by atoms with Gasteiger partial charge >= 0.3 is 0 Å². The summed E-state index contributed by atoms with van der Waals surface area (Å²) in [6, 6.07) is 21.3. The summed E-state index contributed by atoms with van der Waals surface area (Å²) in [7, 11) is 0. The minimum absolute atomic E-state index is 0.556. The molecule has 0 aliphatic heterocycles. The van der Waals surface area contributed by atoms with Crippen molar-refractivity contribution in [1.29, 1.82) is 0 Å². The van der Waals surface area contributed by atoms with E-state index in [1.807, 2.05) is 0 Å². The smallest absolute Gasteiger partial charge is 0.251 e. The van der Waals surface area contributed by atoms with Gasteiger partial charge in [0.15, 0.2) is 0 Å². The van der Waals surface area contributed by atoms with Crippen molar-refractivity contribution in [3.05, 3.63) is 71.8 Å². The number of benzene rings is 2. The molecule has 2 heteroatoms. The lowest BCUT2D eigenvalue weighted by Crippen LogP contribution is -2.32. The Bertz CT molecular complexity index is 584. The van der Waals surface area contributed by atoms with E-state index < -0.39 is 0 Å². The summed E-state index contributed by atoms with van der Waals surface area (Å²) < 4.78 is 0. The second-order valence-electron chi connectivity index (χ2n) is 6.46. The monoisotopic (exact) mass is 319 g/mol. The van der Waals surface area contributed by atoms with Gasteiger partial charge in [0, 0.05) is 5.70 Å². The SMILES string of the molecule is CCCCB(CCCC)N/C(=C\c1ccccc1)c1ccccc1. The summed E-state index contributed by atoms with van der Waals surface area (Å²) >= 11 is 0. The number of hydrogen-bond donors (Lipinski definition) is 1. The average Bonchev–Trinajstić information content (AvgIpc) is 2.64. The summed E-state index contributed by atoms with van der Waals surface area (Å²) in [4.78, 5) is 0. The Balaban J connectivity index is 2.22. The highest BCUT2D eigenvalue weighted by Gasteiger charge is 2.15. The van der Waals surface area contributed by atoms with E-state index in [0.717, 1.165) is 0 Å². The zero-order valence-electron chi connectivity index (χ0n) is 15.2. The quantitative estimate of drug-likeness (QED) is 0.396. The molecule has 0 unspecified atom stereocenters. The number of hydrogen-bond acceptors (Lipinski definition) is 1. The van der Waals surface area contributed by atoms with Crippen LogP contribution in [0.25, 0.3) is 11.8 Å². The predicted octanol–water partition coefficient (Wildman–Crippen LogP) is 6.37. The van der Waals surface area contributed by atoms with Gasteiger partial charge in [0.05, 0.1) is 0 Å². The zero-order chi connectivity index (χ0) is 17.0. The highest BCUT2D eigenvalue weighted by atomic mass is 14.8. The van der Waals surface area contributed by atoms with Crippen LogP contribution in [-0.4, -0.2) is 6.85 Å². The minimum Gasteiger partial charge on any atom is -0.427 e. The third-order valence-corrected chi connectivity index (χ3v) is 4.37. The Hall–Kier alpha value is -1.96. The van der Waals surface area contributed by atoms with E-state index in [-0.39, 0.29) is 0 Å². The first-order valence-electron chi connectivity index (χ1n) is 9.42. The standard InChI is InChI=1S/C22H30BN/c1-3-5-17-23(18-6-4-2)24-22(21-15-11-8-12-16-21)19-20-13-9-7-10-14-20/h7-16,19,24H,3-6,17-18H2,1-2H3/b22-19-. The van der Waals surface area contributed by atoms with Crippen LogP contribution in [0, 0.1) is 0 Å². The maximum absolute atomic E-state index is 3.85. The van der Waals surface area contributed by atoms with Crippen LogP contribution in [0.2, 0.25) is 12.6 Å². The molecule has 0 radical (unpaired) electrons. The van der Waals surface area contributed by atoms with Crippen molar-refractivity contribution in [3.8, 4) is 0 Å². The fraction of sp³-hybridized carbons (Fsp3) is 0.364. The summed E-state index contributed by atoms with van der Waals surface area (Å²) in [5, 5.41) is 3.85. The molecule has 0 atom stereocenters. The Morgan fingerprint density at radius 2 is 1.38 bits per heavy atom. The first-order chi connectivity index (χ1) is 11.8. The van der Waals surface area contributed by atoms with Crippen molar-refractivity contribution >= 4 is 18.6 Å². The Kier molecular flexibility index (Phi) is 8.24. The minimum atomic E-state index is 0.556. The van der Waals surface area contributed by atoms with Crippen molar-refractivity contribution in [2.75, 3.05) is 0 Å². The van der Waals surface area contributed by atoms with Crippen LogP contribution >= 0.6 is 0 Å². The van der Waals surface area contributed by atoms with E-state index in [0.29, 0.717) is 6.85 Å². The van der Waals surface area contributed by atoms with Gasteiger partial charge in [-0.15, -0.1) is 0 Å². The van der Waals surface area contributed by atoms with Gasteiger partial charge in [-0.25, -0.2) is 0 Å². The van der Waals surface area contributed by atoms with E-state index in [1.54, 1.807) is 0 Å². The van der Waals surface area contributed by atoms with E-state index in [4.69, 9.17) is 0 Å². The van der Waals surface area contributed by atoms with Crippen molar-refractivity contribution in [3.63, 3.8) is 0 Å². The molecule has 1 nitrogen and oxygen atoms in total. The molecule has 0 aromatic heterocycles. The molecule has 0 heterocycles. The molecular formula is C22H30BN. The lowest BCUT2D eigenvalue weighted by Gasteiger charge is -2.19. The topological polar surface area (TPSA) is 12.0 Å². The van der Waals surface area contributed by atoms with Crippen LogP contribution < -0.4 is 5.23 Å². The molecule has 0 spiro atoms. The van der Waals surface area contributed by atoms with Gasteiger partial charge in [0.2, 0.25) is 0 Å². The average molecular weight is 319 g/mol. The third-order valence-electron chi connectivity index (χ3n) is 4.37. The molecule has 2 rings (SSSR count). The van der Waals surface area contributed by atoms with Gasteiger partial charge in [-0.05, 0) is 17.2 Å². The molecule has 0 aliphatic carbocycles. The Morgan fingerprint density at radius 1 is 0.833 bits per heavy atom. The second-order valence-corrected chi connectivity index (χ2v) is 6.46. The van der Waals surface area contributed by atoms with Crippen LogP contribution in [0.15, 0.2) is 60.7 Å². The molecule has 1 N–H and O–H groups in total. The zero-order valence-corrected chi connectivity index (χ0v) is 15.2.